The van der Waals surface area contributed by atoms with Crippen molar-refractivity contribution in [2.24, 2.45) is 0 Å². The molecule has 7 nitrogen and oxygen atoms in total. The van der Waals surface area contributed by atoms with Crippen molar-refractivity contribution < 1.29 is 33.9 Å². The van der Waals surface area contributed by atoms with Crippen LogP contribution >= 0.6 is 0 Å². The summed E-state index contributed by atoms with van der Waals surface area (Å²) in [7, 11) is 0. The van der Waals surface area contributed by atoms with Crippen molar-refractivity contribution in [1.29, 1.82) is 0 Å². The second-order valence-electron chi connectivity index (χ2n) is 4.65. The highest BCUT2D eigenvalue weighted by molar-refractivity contribution is 4.87. The molecule has 0 aliphatic carbocycles. The molecule has 0 bridgehead atoms. The van der Waals surface area contributed by atoms with Gasteiger partial charge in [0.1, 0.15) is 0 Å². The van der Waals surface area contributed by atoms with E-state index in [9.17, 15) is 5.11 Å². The lowest BCUT2D eigenvalue weighted by molar-refractivity contribution is -0.0183. The first-order valence-electron chi connectivity index (χ1n) is 8.15. The Balaban J connectivity index is 3.06. The van der Waals surface area contributed by atoms with E-state index in [0.717, 1.165) is 6.42 Å². The summed E-state index contributed by atoms with van der Waals surface area (Å²) in [6, 6.07) is 0. The smallest absolute Gasteiger partial charge is 0.0954 e. The Bertz CT molecular complexity index is 249. The molecule has 23 heavy (non-hydrogen) atoms. The lowest BCUT2D eigenvalue weighted by Crippen LogP contribution is -2.16. The van der Waals surface area contributed by atoms with Gasteiger partial charge in [-0.1, -0.05) is 19.1 Å². The van der Waals surface area contributed by atoms with Crippen LogP contribution in [0, 0.1) is 0 Å². The zero-order chi connectivity index (χ0) is 17.0. The topological polar surface area (TPSA) is 86.6 Å². The summed E-state index contributed by atoms with van der Waals surface area (Å²) in [6.45, 7) is 6.61. The van der Waals surface area contributed by atoms with Crippen molar-refractivity contribution >= 4 is 0 Å². The van der Waals surface area contributed by atoms with Crippen LogP contribution in [-0.2, 0) is 23.7 Å². The maximum absolute atomic E-state index is 9.48. The molecule has 0 aliphatic rings. The zero-order valence-electron chi connectivity index (χ0n) is 14.2. The van der Waals surface area contributed by atoms with Crippen LogP contribution in [0.2, 0.25) is 0 Å². The van der Waals surface area contributed by atoms with Crippen LogP contribution in [0.25, 0.3) is 0 Å². The summed E-state index contributed by atoms with van der Waals surface area (Å²) in [6.07, 6.45) is 4.00. The molecule has 1 unspecified atom stereocenters. The molecule has 0 aromatic rings. The summed E-state index contributed by atoms with van der Waals surface area (Å²) < 4.78 is 26.3. The van der Waals surface area contributed by atoms with Gasteiger partial charge in [-0.3, -0.25) is 0 Å². The predicted molar refractivity (Wildman–Crippen MR) is 86.6 cm³/mol. The first-order valence-corrected chi connectivity index (χ1v) is 8.15. The molecule has 1 atom stereocenters. The van der Waals surface area contributed by atoms with Crippen molar-refractivity contribution in [2.45, 2.75) is 19.4 Å². The SMILES string of the molecule is CCC=CC(O)COCCOCCOCCOCCOCCO. The molecule has 0 saturated carbocycles. The third-order valence-corrected chi connectivity index (χ3v) is 2.61. The average Bonchev–Trinajstić information content (AvgIpc) is 2.56. The van der Waals surface area contributed by atoms with Gasteiger partial charge in [-0.15, -0.1) is 0 Å². The van der Waals surface area contributed by atoms with Crippen molar-refractivity contribution in [2.75, 3.05) is 72.7 Å². The molecule has 0 saturated heterocycles. The van der Waals surface area contributed by atoms with Crippen LogP contribution < -0.4 is 0 Å². The monoisotopic (exact) mass is 336 g/mol. The number of aliphatic hydroxyl groups excluding tert-OH is 2. The van der Waals surface area contributed by atoms with Crippen LogP contribution in [0.5, 0.6) is 0 Å². The molecule has 0 aliphatic heterocycles. The van der Waals surface area contributed by atoms with E-state index in [1.54, 1.807) is 6.08 Å². The Morgan fingerprint density at radius 3 is 1.61 bits per heavy atom. The molecule has 0 aromatic carbocycles. The number of hydrogen-bond acceptors (Lipinski definition) is 7. The largest absolute Gasteiger partial charge is 0.394 e. The van der Waals surface area contributed by atoms with Crippen molar-refractivity contribution in [3.63, 3.8) is 0 Å². The minimum atomic E-state index is -0.549. The van der Waals surface area contributed by atoms with Gasteiger partial charge in [0.25, 0.3) is 0 Å². The van der Waals surface area contributed by atoms with Gasteiger partial charge in [-0.2, -0.15) is 0 Å². The standard InChI is InChI=1S/C16H32O7/c1-2-3-4-16(18)15-23-14-13-22-12-11-21-10-9-20-8-7-19-6-5-17/h3-4,16-18H,2,5-15H2,1H3. The van der Waals surface area contributed by atoms with E-state index >= 15 is 0 Å². The van der Waals surface area contributed by atoms with Crippen LogP contribution in [0.3, 0.4) is 0 Å². The Kier molecular flexibility index (Phi) is 19.0. The number of aliphatic hydroxyl groups is 2. The van der Waals surface area contributed by atoms with E-state index in [1.807, 2.05) is 13.0 Å². The predicted octanol–water partition coefficient (Wildman–Crippen LogP) is 0.389. The van der Waals surface area contributed by atoms with Gasteiger partial charge >= 0.3 is 0 Å². The second kappa shape index (κ2) is 19.5. The fourth-order valence-electron chi connectivity index (χ4n) is 1.50. The summed E-state index contributed by atoms with van der Waals surface area (Å²) in [4.78, 5) is 0. The zero-order valence-corrected chi connectivity index (χ0v) is 14.2. The molecule has 0 fully saturated rings. The number of allylic oxidation sites excluding steroid dienone is 1. The summed E-state index contributed by atoms with van der Waals surface area (Å²) in [5, 5.41) is 18.0. The van der Waals surface area contributed by atoms with E-state index in [0.29, 0.717) is 59.5 Å². The molecular weight excluding hydrogens is 304 g/mol. The third kappa shape index (κ3) is 19.4. The Morgan fingerprint density at radius 1 is 0.739 bits per heavy atom. The molecule has 0 aromatic heterocycles. The van der Waals surface area contributed by atoms with Gasteiger partial charge < -0.3 is 33.9 Å². The Hall–Kier alpha value is -0.540. The van der Waals surface area contributed by atoms with E-state index in [4.69, 9.17) is 28.8 Å². The average molecular weight is 336 g/mol. The first-order chi connectivity index (χ1) is 11.3. The molecule has 138 valence electrons. The Morgan fingerprint density at radius 2 is 1.17 bits per heavy atom. The van der Waals surface area contributed by atoms with Crippen molar-refractivity contribution in [3.05, 3.63) is 12.2 Å². The fourth-order valence-corrected chi connectivity index (χ4v) is 1.50. The molecule has 7 heteroatoms. The molecule has 0 rings (SSSR count). The van der Waals surface area contributed by atoms with Gasteiger partial charge in [-0.25, -0.2) is 0 Å². The lowest BCUT2D eigenvalue weighted by atomic mass is 10.3. The normalized spacial score (nSPS) is 13.0. The van der Waals surface area contributed by atoms with Crippen LogP contribution in [0.15, 0.2) is 12.2 Å². The van der Waals surface area contributed by atoms with Gasteiger partial charge in [-0.05, 0) is 6.42 Å². The molecule has 0 amide bonds. The minimum absolute atomic E-state index is 0.0324. The molecular formula is C16H32O7. The van der Waals surface area contributed by atoms with Crippen LogP contribution in [0.1, 0.15) is 13.3 Å². The second-order valence-corrected chi connectivity index (χ2v) is 4.65. The Labute approximate surface area is 139 Å². The van der Waals surface area contributed by atoms with Crippen molar-refractivity contribution in [1.82, 2.24) is 0 Å². The van der Waals surface area contributed by atoms with Crippen LogP contribution in [-0.4, -0.2) is 89.0 Å². The first kappa shape index (κ1) is 22.5. The van der Waals surface area contributed by atoms with E-state index in [-0.39, 0.29) is 13.2 Å². The minimum Gasteiger partial charge on any atom is -0.394 e. The van der Waals surface area contributed by atoms with Crippen molar-refractivity contribution in [3.8, 4) is 0 Å². The molecule has 2 N–H and O–H groups in total. The van der Waals surface area contributed by atoms with E-state index in [2.05, 4.69) is 0 Å². The van der Waals surface area contributed by atoms with E-state index < -0.39 is 6.10 Å². The fraction of sp³-hybridized carbons (Fsp3) is 0.875. The van der Waals surface area contributed by atoms with Gasteiger partial charge in [0.2, 0.25) is 0 Å². The molecule has 0 heterocycles. The molecule has 0 radical (unpaired) electrons. The maximum atomic E-state index is 9.48. The highest BCUT2D eigenvalue weighted by Crippen LogP contribution is 1.91. The van der Waals surface area contributed by atoms with Gasteiger partial charge in [0.15, 0.2) is 0 Å². The third-order valence-electron chi connectivity index (χ3n) is 2.61. The summed E-state index contributed by atoms with van der Waals surface area (Å²) in [5.41, 5.74) is 0. The summed E-state index contributed by atoms with van der Waals surface area (Å²) >= 11 is 0. The molecule has 0 spiro atoms. The lowest BCUT2D eigenvalue weighted by Gasteiger charge is -2.09. The quantitative estimate of drug-likeness (QED) is 0.276. The van der Waals surface area contributed by atoms with E-state index in [1.165, 1.54) is 0 Å². The van der Waals surface area contributed by atoms with Gasteiger partial charge in [0, 0.05) is 0 Å². The maximum Gasteiger partial charge on any atom is 0.0954 e. The number of rotatable bonds is 18. The number of ether oxygens (including phenoxy) is 5. The van der Waals surface area contributed by atoms with Gasteiger partial charge in [0.05, 0.1) is 78.8 Å². The highest BCUT2D eigenvalue weighted by atomic mass is 16.6. The van der Waals surface area contributed by atoms with Crippen LogP contribution in [0.4, 0.5) is 0 Å². The number of hydrogen-bond donors (Lipinski definition) is 2. The highest BCUT2D eigenvalue weighted by Gasteiger charge is 1.98. The summed E-state index contributed by atoms with van der Waals surface area (Å²) in [5.74, 6) is 0.